The minimum Gasteiger partial charge on any atom is -0.379 e. The van der Waals surface area contributed by atoms with E-state index in [2.05, 4.69) is 26.0 Å². The lowest BCUT2D eigenvalue weighted by Gasteiger charge is -2.26. The van der Waals surface area contributed by atoms with Crippen LogP contribution in [-0.4, -0.2) is 71.7 Å². The molecule has 0 spiro atoms. The number of rotatable bonds is 8. The Balaban J connectivity index is 1.63. The standard InChI is InChI=1S/C16H22BrN3O6S2/c17-15-4-3-13(28(24,25)19-12-1-2-12)11-14(15)16(21)18-5-10-27(22,23)20-6-8-26-9-7-20/h3-4,11-12,19H,1-2,5-10H2,(H,18,21). The minimum absolute atomic E-state index is 0.00584. The van der Waals surface area contributed by atoms with Crippen LogP contribution < -0.4 is 10.0 Å². The van der Waals surface area contributed by atoms with E-state index in [-0.39, 0.29) is 28.8 Å². The van der Waals surface area contributed by atoms with E-state index in [0.29, 0.717) is 30.8 Å². The molecule has 28 heavy (non-hydrogen) atoms. The van der Waals surface area contributed by atoms with Gasteiger partial charge in [0, 0.05) is 30.1 Å². The molecule has 1 aliphatic heterocycles. The lowest BCUT2D eigenvalue weighted by molar-refractivity contribution is 0.0730. The van der Waals surface area contributed by atoms with Gasteiger partial charge in [0.2, 0.25) is 20.0 Å². The third kappa shape index (κ3) is 5.51. The molecule has 3 rings (SSSR count). The zero-order chi connectivity index (χ0) is 20.4. The molecule has 1 heterocycles. The van der Waals surface area contributed by atoms with Crippen LogP contribution in [0.3, 0.4) is 0 Å². The van der Waals surface area contributed by atoms with E-state index in [9.17, 15) is 21.6 Å². The predicted octanol–water partition coefficient (Wildman–Crippen LogP) is 0.282. The molecule has 0 unspecified atom stereocenters. The highest BCUT2D eigenvalue weighted by Crippen LogP contribution is 2.25. The van der Waals surface area contributed by atoms with E-state index in [1.54, 1.807) is 0 Å². The van der Waals surface area contributed by atoms with Crippen LogP contribution >= 0.6 is 15.9 Å². The molecule has 0 radical (unpaired) electrons. The monoisotopic (exact) mass is 495 g/mol. The Morgan fingerprint density at radius 2 is 1.86 bits per heavy atom. The smallest absolute Gasteiger partial charge is 0.252 e. The number of morpholine rings is 1. The third-order valence-electron chi connectivity index (χ3n) is 4.40. The predicted molar refractivity (Wildman–Crippen MR) is 106 cm³/mol. The quantitative estimate of drug-likeness (QED) is 0.534. The van der Waals surface area contributed by atoms with Crippen LogP contribution in [0.4, 0.5) is 0 Å². The van der Waals surface area contributed by atoms with E-state index >= 15 is 0 Å². The van der Waals surface area contributed by atoms with Gasteiger partial charge in [0.1, 0.15) is 0 Å². The molecule has 0 bridgehead atoms. The van der Waals surface area contributed by atoms with Crippen molar-refractivity contribution in [2.45, 2.75) is 23.8 Å². The Morgan fingerprint density at radius 1 is 1.18 bits per heavy atom. The molecule has 2 N–H and O–H groups in total. The fraction of sp³-hybridized carbons (Fsp3) is 0.562. The molecule has 0 atom stereocenters. The van der Waals surface area contributed by atoms with Gasteiger partial charge >= 0.3 is 0 Å². The van der Waals surface area contributed by atoms with Gasteiger partial charge in [-0.2, -0.15) is 4.31 Å². The molecule has 1 saturated carbocycles. The summed E-state index contributed by atoms with van der Waals surface area (Å²) >= 11 is 3.24. The summed E-state index contributed by atoms with van der Waals surface area (Å²) in [6.07, 6.45) is 1.61. The molecule has 0 aromatic heterocycles. The van der Waals surface area contributed by atoms with Gasteiger partial charge in [-0.05, 0) is 47.0 Å². The van der Waals surface area contributed by atoms with E-state index in [4.69, 9.17) is 4.74 Å². The Labute approximate surface area is 173 Å². The number of halogens is 1. The van der Waals surface area contributed by atoms with Crippen LogP contribution in [0.1, 0.15) is 23.2 Å². The van der Waals surface area contributed by atoms with Crippen molar-refractivity contribution < 1.29 is 26.4 Å². The van der Waals surface area contributed by atoms with Crippen molar-refractivity contribution in [3.63, 3.8) is 0 Å². The summed E-state index contributed by atoms with van der Waals surface area (Å²) in [4.78, 5) is 12.5. The second-order valence-electron chi connectivity index (χ2n) is 6.62. The largest absolute Gasteiger partial charge is 0.379 e. The SMILES string of the molecule is O=C(NCCS(=O)(=O)N1CCOCC1)c1cc(S(=O)(=O)NC2CC2)ccc1Br. The van der Waals surface area contributed by atoms with Crippen molar-refractivity contribution in [3.8, 4) is 0 Å². The number of nitrogens with zero attached hydrogens (tertiary/aromatic N) is 1. The zero-order valence-electron chi connectivity index (χ0n) is 15.1. The molecule has 1 saturated heterocycles. The Morgan fingerprint density at radius 3 is 2.50 bits per heavy atom. The number of sulfonamides is 2. The Kier molecular flexibility index (Phi) is 6.77. The molecule has 1 aromatic rings. The number of hydrogen-bond acceptors (Lipinski definition) is 6. The van der Waals surface area contributed by atoms with Gasteiger partial charge in [-0.3, -0.25) is 4.79 Å². The van der Waals surface area contributed by atoms with Crippen molar-refractivity contribution in [2.24, 2.45) is 0 Å². The Bertz CT molecular complexity index is 941. The second-order valence-corrected chi connectivity index (χ2v) is 11.3. The van der Waals surface area contributed by atoms with E-state index in [1.165, 1.54) is 22.5 Å². The summed E-state index contributed by atoms with van der Waals surface area (Å²) in [7, 11) is -7.18. The molecule has 2 fully saturated rings. The van der Waals surface area contributed by atoms with Crippen molar-refractivity contribution >= 4 is 41.9 Å². The van der Waals surface area contributed by atoms with Crippen molar-refractivity contribution in [2.75, 3.05) is 38.6 Å². The molecular formula is C16H22BrN3O6S2. The van der Waals surface area contributed by atoms with Crippen molar-refractivity contribution in [1.29, 1.82) is 0 Å². The van der Waals surface area contributed by atoms with Crippen LogP contribution in [0.15, 0.2) is 27.6 Å². The first-order valence-corrected chi connectivity index (χ1v) is 12.7. The first kappa shape index (κ1) is 21.7. The van der Waals surface area contributed by atoms with Gasteiger partial charge in [-0.25, -0.2) is 21.6 Å². The highest BCUT2D eigenvalue weighted by Gasteiger charge is 2.29. The molecule has 9 nitrogen and oxygen atoms in total. The average molecular weight is 496 g/mol. The van der Waals surface area contributed by atoms with Gasteiger partial charge in [-0.15, -0.1) is 0 Å². The summed E-state index contributed by atoms with van der Waals surface area (Å²) < 4.78 is 58.7. The van der Waals surface area contributed by atoms with Crippen LogP contribution in [-0.2, 0) is 24.8 Å². The summed E-state index contributed by atoms with van der Waals surface area (Å²) in [6, 6.07) is 4.13. The van der Waals surface area contributed by atoms with Gasteiger partial charge in [-0.1, -0.05) is 0 Å². The van der Waals surface area contributed by atoms with Gasteiger partial charge in [0.15, 0.2) is 0 Å². The van der Waals surface area contributed by atoms with Crippen LogP contribution in [0.5, 0.6) is 0 Å². The third-order valence-corrected chi connectivity index (χ3v) is 8.48. The zero-order valence-corrected chi connectivity index (χ0v) is 18.3. The fourth-order valence-corrected chi connectivity index (χ4v) is 5.76. The first-order chi connectivity index (χ1) is 13.2. The molecule has 1 aliphatic carbocycles. The first-order valence-electron chi connectivity index (χ1n) is 8.85. The van der Waals surface area contributed by atoms with E-state index in [0.717, 1.165) is 12.8 Å². The number of amides is 1. The molecule has 156 valence electrons. The average Bonchev–Trinajstić information content (AvgIpc) is 3.45. The maximum absolute atomic E-state index is 12.5. The van der Waals surface area contributed by atoms with Gasteiger partial charge in [0.05, 0.1) is 29.4 Å². The molecule has 2 aliphatic rings. The summed E-state index contributed by atoms with van der Waals surface area (Å²) in [5, 5.41) is 2.55. The summed E-state index contributed by atoms with van der Waals surface area (Å²) in [5.41, 5.74) is 0.127. The highest BCUT2D eigenvalue weighted by atomic mass is 79.9. The lowest BCUT2D eigenvalue weighted by Crippen LogP contribution is -2.43. The van der Waals surface area contributed by atoms with Crippen molar-refractivity contribution in [3.05, 3.63) is 28.2 Å². The Hall–Kier alpha value is -1.05. The molecule has 1 amide bonds. The fourth-order valence-electron chi connectivity index (χ4n) is 2.68. The van der Waals surface area contributed by atoms with Crippen molar-refractivity contribution in [1.82, 2.24) is 14.3 Å². The van der Waals surface area contributed by atoms with Gasteiger partial charge in [0.25, 0.3) is 5.91 Å². The number of benzene rings is 1. The number of hydrogen-bond donors (Lipinski definition) is 2. The number of ether oxygens (including phenoxy) is 1. The van der Waals surface area contributed by atoms with E-state index in [1.807, 2.05) is 0 Å². The molecular weight excluding hydrogens is 474 g/mol. The second kappa shape index (κ2) is 8.76. The summed E-state index contributed by atoms with van der Waals surface area (Å²) in [5.74, 6) is -0.787. The maximum Gasteiger partial charge on any atom is 0.252 e. The normalized spacial score (nSPS) is 18.8. The van der Waals surface area contributed by atoms with Gasteiger partial charge < -0.3 is 10.1 Å². The van der Waals surface area contributed by atoms with Crippen LogP contribution in [0.2, 0.25) is 0 Å². The van der Waals surface area contributed by atoms with E-state index < -0.39 is 26.0 Å². The summed E-state index contributed by atoms with van der Waals surface area (Å²) in [6.45, 7) is 1.23. The topological polar surface area (TPSA) is 122 Å². The lowest BCUT2D eigenvalue weighted by atomic mass is 10.2. The molecule has 1 aromatic carbocycles. The number of carbonyl (C=O) groups is 1. The highest BCUT2D eigenvalue weighted by molar-refractivity contribution is 9.10. The van der Waals surface area contributed by atoms with Crippen LogP contribution in [0.25, 0.3) is 0 Å². The number of carbonyl (C=O) groups excluding carboxylic acids is 1. The van der Waals surface area contributed by atoms with Crippen LogP contribution in [0, 0.1) is 0 Å². The number of nitrogens with one attached hydrogen (secondary N) is 2. The molecule has 12 heteroatoms. The maximum atomic E-state index is 12.5. The minimum atomic E-state index is -3.69.